The van der Waals surface area contributed by atoms with Crippen molar-refractivity contribution in [2.45, 2.75) is 11.8 Å². The molecule has 37 heavy (non-hydrogen) atoms. The first-order valence-electron chi connectivity index (χ1n) is 10.8. The molecule has 3 aromatic carbocycles. The van der Waals surface area contributed by atoms with Gasteiger partial charge in [0.1, 0.15) is 16.9 Å². The molecule has 0 radical (unpaired) electrons. The summed E-state index contributed by atoms with van der Waals surface area (Å²) in [5.74, 6) is -1.38. The van der Waals surface area contributed by atoms with Crippen molar-refractivity contribution in [3.8, 4) is 0 Å². The zero-order chi connectivity index (χ0) is 26.7. The molecular weight excluding hydrogens is 500 g/mol. The van der Waals surface area contributed by atoms with Gasteiger partial charge in [-0.15, -0.1) is 0 Å². The molecule has 0 bridgehead atoms. The number of anilines is 1. The second-order valence-electron chi connectivity index (χ2n) is 7.81. The Morgan fingerprint density at radius 1 is 1.03 bits per heavy atom. The third kappa shape index (κ3) is 4.98. The summed E-state index contributed by atoms with van der Waals surface area (Å²) >= 11 is 0. The maximum Gasteiger partial charge on any atom is 0.342 e. The number of furan rings is 1. The number of non-ortho nitro benzene ring substituents is 1. The molecule has 0 N–H and O–H groups in total. The fourth-order valence-electron chi connectivity index (χ4n) is 3.74. The minimum atomic E-state index is -4.63. The number of aryl methyl sites for hydroxylation is 1. The number of nitro benzene ring substituents is 1. The summed E-state index contributed by atoms with van der Waals surface area (Å²) in [5.41, 5.74) is 0.452. The van der Waals surface area contributed by atoms with Crippen LogP contribution >= 0.6 is 0 Å². The van der Waals surface area contributed by atoms with Crippen molar-refractivity contribution in [3.05, 3.63) is 106 Å². The number of benzene rings is 3. The number of nitro groups is 1. The van der Waals surface area contributed by atoms with Crippen LogP contribution in [0.4, 0.5) is 11.4 Å². The van der Waals surface area contributed by atoms with Crippen LogP contribution in [0.15, 0.2) is 88.2 Å². The van der Waals surface area contributed by atoms with E-state index in [4.69, 9.17) is 9.15 Å². The van der Waals surface area contributed by atoms with Crippen LogP contribution in [0.25, 0.3) is 17.0 Å². The molecule has 4 rings (SSSR count). The summed E-state index contributed by atoms with van der Waals surface area (Å²) in [7, 11) is -3.44. The number of rotatable bonds is 7. The number of fused-ring (bicyclic) bond motifs is 1. The molecule has 11 heteroatoms. The topological polar surface area (TPSA) is 137 Å². The Labute approximate surface area is 211 Å². The van der Waals surface area contributed by atoms with Crippen LogP contribution in [0.1, 0.15) is 21.7 Å². The molecule has 4 aromatic rings. The Kier molecular flexibility index (Phi) is 6.89. The van der Waals surface area contributed by atoms with Crippen LogP contribution in [0.5, 0.6) is 0 Å². The molecule has 0 spiro atoms. The van der Waals surface area contributed by atoms with Crippen LogP contribution in [-0.2, 0) is 19.6 Å². The molecular formula is C26H20N2O8S. The lowest BCUT2D eigenvalue weighted by atomic mass is 10.1. The highest BCUT2D eigenvalue weighted by atomic mass is 32.2. The number of sulfonamides is 1. The number of ether oxygens (including phenoxy) is 1. The Morgan fingerprint density at radius 2 is 1.76 bits per heavy atom. The normalized spacial score (nSPS) is 11.5. The number of carbonyl (C=O) groups is 2. The number of hydrogen-bond acceptors (Lipinski definition) is 8. The van der Waals surface area contributed by atoms with Crippen LogP contribution in [0, 0.1) is 17.0 Å². The monoisotopic (exact) mass is 520 g/mol. The van der Waals surface area contributed by atoms with Gasteiger partial charge in [0.05, 0.1) is 22.6 Å². The van der Waals surface area contributed by atoms with E-state index < -0.39 is 37.4 Å². The van der Waals surface area contributed by atoms with Crippen molar-refractivity contribution in [1.82, 2.24) is 0 Å². The first-order valence-corrected chi connectivity index (χ1v) is 12.3. The van der Waals surface area contributed by atoms with Gasteiger partial charge in [0.2, 0.25) is 0 Å². The average molecular weight is 521 g/mol. The number of nitrogens with zero attached hydrogens (tertiary/aromatic N) is 2. The van der Waals surface area contributed by atoms with Gasteiger partial charge in [-0.3, -0.25) is 14.9 Å². The average Bonchev–Trinajstić information content (AvgIpc) is 3.22. The van der Waals surface area contributed by atoms with E-state index in [1.807, 2.05) is 0 Å². The molecule has 0 aliphatic carbocycles. The van der Waals surface area contributed by atoms with Crippen LogP contribution in [0.3, 0.4) is 0 Å². The highest BCUT2D eigenvalue weighted by Crippen LogP contribution is 2.33. The van der Waals surface area contributed by atoms with E-state index in [0.717, 1.165) is 24.3 Å². The smallest absolute Gasteiger partial charge is 0.342 e. The minimum absolute atomic E-state index is 0.0827. The molecule has 0 atom stereocenters. The fourth-order valence-corrected chi connectivity index (χ4v) is 5.16. The lowest BCUT2D eigenvalue weighted by Gasteiger charge is -2.21. The molecule has 0 aliphatic heterocycles. The molecule has 0 unspecified atom stereocenters. The van der Waals surface area contributed by atoms with E-state index in [9.17, 15) is 28.1 Å². The minimum Gasteiger partial charge on any atom is -0.465 e. The number of esters is 1. The number of carbonyl (C=O) groups excluding carboxylic acids is 2. The summed E-state index contributed by atoms with van der Waals surface area (Å²) in [4.78, 5) is 35.8. The van der Waals surface area contributed by atoms with E-state index in [-0.39, 0.29) is 28.0 Å². The molecule has 10 nitrogen and oxygen atoms in total. The maximum atomic E-state index is 13.7. The third-order valence-electron chi connectivity index (χ3n) is 5.46. The first-order chi connectivity index (χ1) is 17.6. The van der Waals surface area contributed by atoms with Crippen LogP contribution in [-0.4, -0.2) is 32.3 Å². The summed E-state index contributed by atoms with van der Waals surface area (Å²) in [5, 5.41) is 11.5. The Morgan fingerprint density at radius 3 is 2.43 bits per heavy atom. The van der Waals surface area contributed by atoms with Gasteiger partial charge < -0.3 is 9.15 Å². The van der Waals surface area contributed by atoms with E-state index in [0.29, 0.717) is 9.87 Å². The second-order valence-corrected chi connectivity index (χ2v) is 9.60. The highest BCUT2D eigenvalue weighted by molar-refractivity contribution is 7.93. The van der Waals surface area contributed by atoms with Crippen LogP contribution in [0.2, 0.25) is 0 Å². The number of amides is 1. The van der Waals surface area contributed by atoms with Gasteiger partial charge in [0.15, 0.2) is 0 Å². The Bertz CT molecular complexity index is 1660. The predicted octanol–water partition coefficient (Wildman–Crippen LogP) is 4.87. The summed E-state index contributed by atoms with van der Waals surface area (Å²) < 4.78 is 38.4. The van der Waals surface area contributed by atoms with Crippen molar-refractivity contribution in [3.63, 3.8) is 0 Å². The largest absolute Gasteiger partial charge is 0.465 e. The Balaban J connectivity index is 1.90. The summed E-state index contributed by atoms with van der Waals surface area (Å²) in [6.07, 6.45) is 2.52. The molecule has 0 saturated carbocycles. The Hall–Kier alpha value is -4.77. The molecule has 1 heterocycles. The molecule has 0 aliphatic rings. The quantitative estimate of drug-likeness (QED) is 0.146. The predicted molar refractivity (Wildman–Crippen MR) is 136 cm³/mol. The summed E-state index contributed by atoms with van der Waals surface area (Å²) in [6, 6.07) is 17.2. The van der Waals surface area contributed by atoms with E-state index in [1.54, 1.807) is 37.3 Å². The third-order valence-corrected chi connectivity index (χ3v) is 7.18. The zero-order valence-electron chi connectivity index (χ0n) is 19.7. The lowest BCUT2D eigenvalue weighted by Crippen LogP contribution is -2.35. The van der Waals surface area contributed by atoms with Gasteiger partial charge in [-0.1, -0.05) is 36.4 Å². The van der Waals surface area contributed by atoms with Crippen molar-refractivity contribution in [2.75, 3.05) is 11.4 Å². The zero-order valence-corrected chi connectivity index (χ0v) is 20.5. The molecule has 188 valence electrons. The molecule has 1 aromatic heterocycles. The lowest BCUT2D eigenvalue weighted by molar-refractivity contribution is -0.385. The second kappa shape index (κ2) is 10.1. The van der Waals surface area contributed by atoms with Crippen molar-refractivity contribution >= 4 is 50.3 Å². The van der Waals surface area contributed by atoms with Crippen molar-refractivity contribution in [1.29, 1.82) is 0 Å². The summed E-state index contributed by atoms with van der Waals surface area (Å²) in [6.45, 7) is 1.55. The number of methoxy groups -OCH3 is 1. The van der Waals surface area contributed by atoms with Crippen molar-refractivity contribution < 1.29 is 32.1 Å². The SMILES string of the molecule is COC(=O)c1c(C)oc2ccc(N(C(=O)C=Cc3ccccc3)S(=O)(=O)c3cccc([N+](=O)[O-])c3)cc12. The molecule has 0 fully saturated rings. The van der Waals surface area contributed by atoms with E-state index in [1.165, 1.54) is 37.5 Å². The van der Waals surface area contributed by atoms with Gasteiger partial charge in [-0.05, 0) is 42.8 Å². The number of hydrogen-bond donors (Lipinski definition) is 0. The standard InChI is InChI=1S/C26H20N2O8S/c1-17-25(26(30)35-2)22-16-19(12-13-23(22)36-17)27(24(29)14-11-18-7-4-3-5-8-18)37(33,34)21-10-6-9-20(15-21)28(31)32/h3-16H,1-2H3. The first kappa shape index (κ1) is 25.3. The van der Waals surface area contributed by atoms with E-state index in [2.05, 4.69) is 0 Å². The van der Waals surface area contributed by atoms with Gasteiger partial charge in [0, 0.05) is 23.6 Å². The van der Waals surface area contributed by atoms with Crippen molar-refractivity contribution in [2.24, 2.45) is 0 Å². The van der Waals surface area contributed by atoms with Gasteiger partial charge >= 0.3 is 5.97 Å². The van der Waals surface area contributed by atoms with Gasteiger partial charge in [-0.2, -0.15) is 4.31 Å². The van der Waals surface area contributed by atoms with Gasteiger partial charge in [0.25, 0.3) is 21.6 Å². The maximum absolute atomic E-state index is 13.7. The van der Waals surface area contributed by atoms with E-state index >= 15 is 0 Å². The van der Waals surface area contributed by atoms with Crippen LogP contribution < -0.4 is 4.31 Å². The fraction of sp³-hybridized carbons (Fsp3) is 0.0769. The highest BCUT2D eigenvalue weighted by Gasteiger charge is 2.32. The molecule has 0 saturated heterocycles. The van der Waals surface area contributed by atoms with Gasteiger partial charge in [-0.25, -0.2) is 13.2 Å². The molecule has 1 amide bonds.